The third kappa shape index (κ3) is 2.73. The Hall–Kier alpha value is -1.55. The molecule has 1 unspecified atom stereocenters. The molecule has 2 aliphatic rings. The van der Waals surface area contributed by atoms with Crippen molar-refractivity contribution in [2.45, 2.75) is 25.4 Å². The van der Waals surface area contributed by atoms with Gasteiger partial charge in [0.1, 0.15) is 0 Å². The first-order valence-corrected chi connectivity index (χ1v) is 7.03. The van der Waals surface area contributed by atoms with Crippen LogP contribution in [-0.4, -0.2) is 36.7 Å². The smallest absolute Gasteiger partial charge is 0.191 e. The average molecular weight is 259 g/mol. The minimum atomic E-state index is 0.448. The third-order valence-electron chi connectivity index (χ3n) is 4.14. The highest BCUT2D eigenvalue weighted by molar-refractivity contribution is 5.80. The van der Waals surface area contributed by atoms with E-state index in [1.54, 1.807) is 0 Å². The van der Waals surface area contributed by atoms with Crippen molar-refractivity contribution in [3.8, 4) is 0 Å². The molecule has 2 aliphatic heterocycles. The van der Waals surface area contributed by atoms with Crippen molar-refractivity contribution in [1.29, 1.82) is 0 Å². The second kappa shape index (κ2) is 5.61. The lowest BCUT2D eigenvalue weighted by atomic mass is 9.91. The van der Waals surface area contributed by atoms with Crippen LogP contribution >= 0.6 is 0 Å². The molecule has 19 heavy (non-hydrogen) atoms. The van der Waals surface area contributed by atoms with Crippen molar-refractivity contribution in [2.75, 3.05) is 19.8 Å². The highest BCUT2D eigenvalue weighted by atomic mass is 16.5. The molecule has 102 valence electrons. The fourth-order valence-electron chi connectivity index (χ4n) is 3.03. The lowest BCUT2D eigenvalue weighted by Gasteiger charge is -2.34. The molecule has 0 saturated carbocycles. The minimum Gasteiger partial charge on any atom is -0.381 e. The molecule has 3 rings (SSSR count). The van der Waals surface area contributed by atoms with Crippen molar-refractivity contribution in [3.05, 3.63) is 35.9 Å². The van der Waals surface area contributed by atoms with Crippen LogP contribution in [0.25, 0.3) is 0 Å². The highest BCUT2D eigenvalue weighted by Gasteiger charge is 2.33. The number of hydrogen-bond donors (Lipinski definition) is 1. The Balaban J connectivity index is 1.71. The fraction of sp³-hybridized carbons (Fsp3) is 0.533. The second-order valence-corrected chi connectivity index (χ2v) is 5.33. The molecule has 1 saturated heterocycles. The van der Waals surface area contributed by atoms with Gasteiger partial charge in [-0.15, -0.1) is 0 Å². The summed E-state index contributed by atoms with van der Waals surface area (Å²) < 4.78 is 5.45. The van der Waals surface area contributed by atoms with Gasteiger partial charge in [-0.05, 0) is 24.3 Å². The maximum absolute atomic E-state index is 6.07. The molecule has 0 aromatic heterocycles. The number of nitrogens with two attached hydrogens (primary N) is 1. The van der Waals surface area contributed by atoms with Crippen molar-refractivity contribution >= 4 is 5.96 Å². The Morgan fingerprint density at radius 2 is 1.95 bits per heavy atom. The first-order valence-electron chi connectivity index (χ1n) is 7.03. The van der Waals surface area contributed by atoms with Gasteiger partial charge in [-0.3, -0.25) is 4.99 Å². The molecule has 4 nitrogen and oxygen atoms in total. The summed E-state index contributed by atoms with van der Waals surface area (Å²) in [5.41, 5.74) is 7.36. The summed E-state index contributed by atoms with van der Waals surface area (Å²) in [6.45, 7) is 3.45. The number of hydrogen-bond acceptors (Lipinski definition) is 4. The topological polar surface area (TPSA) is 50.9 Å². The maximum atomic E-state index is 6.07. The molecule has 0 spiro atoms. The third-order valence-corrected chi connectivity index (χ3v) is 4.14. The molecule has 1 fully saturated rings. The molecule has 1 atom stereocenters. The van der Waals surface area contributed by atoms with E-state index in [1.165, 1.54) is 5.56 Å². The molecule has 1 aromatic rings. The van der Waals surface area contributed by atoms with E-state index in [0.717, 1.165) is 39.1 Å². The first-order chi connectivity index (χ1) is 9.34. The van der Waals surface area contributed by atoms with Crippen molar-refractivity contribution in [3.63, 3.8) is 0 Å². The molecular formula is C15H21N3O. The van der Waals surface area contributed by atoms with E-state index in [9.17, 15) is 0 Å². The lowest BCUT2D eigenvalue weighted by Crippen LogP contribution is -2.45. The normalized spacial score (nSPS) is 24.5. The summed E-state index contributed by atoms with van der Waals surface area (Å²) in [5, 5.41) is 0. The molecule has 0 radical (unpaired) electrons. The van der Waals surface area contributed by atoms with Gasteiger partial charge >= 0.3 is 0 Å². The molecular weight excluding hydrogens is 238 g/mol. The highest BCUT2D eigenvalue weighted by Crippen LogP contribution is 2.27. The van der Waals surface area contributed by atoms with E-state index in [4.69, 9.17) is 10.5 Å². The van der Waals surface area contributed by atoms with E-state index in [1.807, 2.05) is 6.07 Å². The number of ether oxygens (including phenoxy) is 1. The van der Waals surface area contributed by atoms with E-state index in [-0.39, 0.29) is 0 Å². The average Bonchev–Trinajstić information content (AvgIpc) is 2.82. The maximum Gasteiger partial charge on any atom is 0.191 e. The van der Waals surface area contributed by atoms with Gasteiger partial charge in [0, 0.05) is 19.8 Å². The summed E-state index contributed by atoms with van der Waals surface area (Å²) in [7, 11) is 0. The standard InChI is InChI=1S/C15H21N3O/c16-15-17-10-14(13-6-8-19-9-7-13)18(15)11-12-4-2-1-3-5-12/h1-5,13-14H,6-11H2,(H2,16,17). The second-order valence-electron chi connectivity index (χ2n) is 5.33. The number of aliphatic imine (C=N–C) groups is 1. The van der Waals surface area contributed by atoms with Crippen LogP contribution in [-0.2, 0) is 11.3 Å². The predicted molar refractivity (Wildman–Crippen MR) is 75.8 cm³/mol. The Labute approximate surface area is 114 Å². The first kappa shape index (κ1) is 12.5. The quantitative estimate of drug-likeness (QED) is 0.897. The van der Waals surface area contributed by atoms with Gasteiger partial charge in [0.2, 0.25) is 0 Å². The SMILES string of the molecule is NC1=NCC(C2CCOCC2)N1Cc1ccccc1. The van der Waals surface area contributed by atoms with Crippen LogP contribution in [0.4, 0.5) is 0 Å². The Morgan fingerprint density at radius 3 is 2.68 bits per heavy atom. The molecule has 0 bridgehead atoms. The molecule has 0 aliphatic carbocycles. The van der Waals surface area contributed by atoms with E-state index >= 15 is 0 Å². The number of benzene rings is 1. The predicted octanol–water partition coefficient (Wildman–Crippen LogP) is 1.61. The molecule has 1 aromatic carbocycles. The molecule has 4 heteroatoms. The van der Waals surface area contributed by atoms with Gasteiger partial charge in [0.25, 0.3) is 0 Å². The van der Waals surface area contributed by atoms with Crippen LogP contribution < -0.4 is 5.73 Å². The fourth-order valence-corrected chi connectivity index (χ4v) is 3.03. The van der Waals surface area contributed by atoms with Crippen LogP contribution in [0.15, 0.2) is 35.3 Å². The largest absolute Gasteiger partial charge is 0.381 e. The molecule has 0 amide bonds. The van der Waals surface area contributed by atoms with E-state index < -0.39 is 0 Å². The van der Waals surface area contributed by atoms with Gasteiger partial charge < -0.3 is 15.4 Å². The molecule has 2 heterocycles. The number of nitrogens with zero attached hydrogens (tertiary/aromatic N) is 2. The van der Waals surface area contributed by atoms with Crippen molar-refractivity contribution in [1.82, 2.24) is 4.90 Å². The Bertz CT molecular complexity index is 440. The zero-order chi connectivity index (χ0) is 13.1. The van der Waals surface area contributed by atoms with Gasteiger partial charge in [0.05, 0.1) is 12.6 Å². The molecule has 2 N–H and O–H groups in total. The van der Waals surface area contributed by atoms with E-state index in [2.05, 4.69) is 34.2 Å². The van der Waals surface area contributed by atoms with Crippen LogP contribution in [0.1, 0.15) is 18.4 Å². The van der Waals surface area contributed by atoms with Crippen LogP contribution in [0, 0.1) is 5.92 Å². The minimum absolute atomic E-state index is 0.448. The van der Waals surface area contributed by atoms with Gasteiger partial charge in [-0.1, -0.05) is 30.3 Å². The summed E-state index contributed by atoms with van der Waals surface area (Å²) in [5.74, 6) is 1.35. The van der Waals surface area contributed by atoms with Crippen LogP contribution in [0.2, 0.25) is 0 Å². The van der Waals surface area contributed by atoms with Gasteiger partial charge in [-0.25, -0.2) is 0 Å². The number of rotatable bonds is 3. The zero-order valence-electron chi connectivity index (χ0n) is 11.2. The van der Waals surface area contributed by atoms with Crippen LogP contribution in [0.5, 0.6) is 0 Å². The monoisotopic (exact) mass is 259 g/mol. The summed E-state index contributed by atoms with van der Waals surface area (Å²) in [6.07, 6.45) is 2.25. The van der Waals surface area contributed by atoms with Crippen molar-refractivity contribution < 1.29 is 4.74 Å². The van der Waals surface area contributed by atoms with Crippen molar-refractivity contribution in [2.24, 2.45) is 16.6 Å². The lowest BCUT2D eigenvalue weighted by molar-refractivity contribution is 0.0434. The van der Waals surface area contributed by atoms with Crippen LogP contribution in [0.3, 0.4) is 0 Å². The summed E-state index contributed by atoms with van der Waals surface area (Å²) in [6, 6.07) is 10.9. The number of guanidine groups is 1. The Kier molecular flexibility index (Phi) is 3.69. The van der Waals surface area contributed by atoms with Gasteiger partial charge in [0.15, 0.2) is 5.96 Å². The zero-order valence-corrected chi connectivity index (χ0v) is 11.2. The Morgan fingerprint density at radius 1 is 1.21 bits per heavy atom. The summed E-state index contributed by atoms with van der Waals surface area (Å²) in [4.78, 5) is 6.72. The van der Waals surface area contributed by atoms with Gasteiger partial charge in [-0.2, -0.15) is 0 Å². The summed E-state index contributed by atoms with van der Waals surface area (Å²) >= 11 is 0. The van der Waals surface area contributed by atoms with E-state index in [0.29, 0.717) is 17.9 Å².